The Morgan fingerprint density at radius 2 is 1.25 bits per heavy atom. The molecule has 0 spiro atoms. The second kappa shape index (κ2) is 25.9. The molecule has 0 bridgehead atoms. The van der Waals surface area contributed by atoms with Gasteiger partial charge in [-0.25, -0.2) is 9.59 Å². The zero-order chi connectivity index (χ0) is 24.3. The lowest BCUT2D eigenvalue weighted by molar-refractivity contribution is -0.140. The molecule has 0 aromatic carbocycles. The summed E-state index contributed by atoms with van der Waals surface area (Å²) >= 11 is 5.65. The van der Waals surface area contributed by atoms with Gasteiger partial charge in [0.15, 0.2) is 0 Å². The molecule has 0 heterocycles. The lowest BCUT2D eigenvalue weighted by Crippen LogP contribution is -2.25. The summed E-state index contributed by atoms with van der Waals surface area (Å²) < 4.78 is 9.67. The Bertz CT molecular complexity index is 519. The molecule has 0 saturated carbocycles. The Labute approximate surface area is 212 Å². The minimum absolute atomic E-state index is 0. The molecule has 192 valence electrons. The van der Waals surface area contributed by atoms with Crippen molar-refractivity contribution in [2.24, 2.45) is 4.99 Å². The van der Waals surface area contributed by atoms with Crippen molar-refractivity contribution in [2.45, 2.75) is 26.1 Å². The van der Waals surface area contributed by atoms with E-state index in [0.717, 1.165) is 18.9 Å². The number of rotatable bonds is 9. The number of likely N-dealkylation sites (N-methyl/N-ethyl adjacent to an activating group) is 2. The summed E-state index contributed by atoms with van der Waals surface area (Å²) in [7, 11) is 11.2. The first-order chi connectivity index (χ1) is 13.8. The van der Waals surface area contributed by atoms with Gasteiger partial charge in [-0.15, -0.1) is 36.4 Å². The average Bonchev–Trinajstić information content (AvgIpc) is 2.62. The summed E-state index contributed by atoms with van der Waals surface area (Å²) in [6.07, 6.45) is 0. The number of nitrogens with zero attached hydrogens (tertiary/aromatic N) is 3. The van der Waals surface area contributed by atoms with E-state index in [9.17, 15) is 9.59 Å². The van der Waals surface area contributed by atoms with Gasteiger partial charge in [-0.05, 0) is 49.0 Å². The van der Waals surface area contributed by atoms with Crippen molar-refractivity contribution in [1.82, 2.24) is 15.1 Å². The molecule has 1 unspecified atom stereocenters. The van der Waals surface area contributed by atoms with E-state index in [0.29, 0.717) is 24.4 Å². The number of ether oxygens (including phenoxy) is 2. The smallest absolute Gasteiger partial charge is 0.333 e. The minimum atomic E-state index is -0.313. The molecule has 0 aromatic heterocycles. The molecule has 0 rings (SSSR count). The maximum atomic E-state index is 10.8. The summed E-state index contributed by atoms with van der Waals surface area (Å²) in [6, 6.07) is 0. The molecule has 0 amide bonds. The van der Waals surface area contributed by atoms with Crippen LogP contribution in [0.3, 0.4) is 0 Å². The van der Waals surface area contributed by atoms with Crippen molar-refractivity contribution >= 4 is 54.2 Å². The number of carbonyl (C=O) groups excluding carboxylic acids is 2. The molecular formula is C21H43Cl3N4O4. The number of aliphatic imine (C=N–C) groups is 1. The van der Waals surface area contributed by atoms with Gasteiger partial charge < -0.3 is 24.6 Å². The monoisotopic (exact) mass is 520 g/mol. The third-order valence-electron chi connectivity index (χ3n) is 3.11. The van der Waals surface area contributed by atoms with E-state index >= 15 is 0 Å². The number of carbonyl (C=O) groups is 2. The Morgan fingerprint density at radius 3 is 1.38 bits per heavy atom. The molecule has 0 saturated heterocycles. The van der Waals surface area contributed by atoms with Crippen molar-refractivity contribution in [3.05, 3.63) is 24.3 Å². The molecule has 11 heteroatoms. The zero-order valence-electron chi connectivity index (χ0n) is 21.0. The second-order valence-electron chi connectivity index (χ2n) is 6.91. The number of hydrogen-bond donors (Lipinski definition) is 1. The molecule has 8 nitrogen and oxygen atoms in total. The standard InChI is InChI=1S/2C8H15NO2.C5H11ClN2.2ClH/c2*1-7(2)8(10)11-6-5-9(3)4;1-4(6)5(7-2)8-3;;/h2*1,5-6H2,2-4H3;4H,1-3H3,(H,7,8);2*1H. The molecule has 32 heavy (non-hydrogen) atoms. The van der Waals surface area contributed by atoms with Gasteiger partial charge in [0.25, 0.3) is 0 Å². The fraction of sp³-hybridized carbons (Fsp3) is 0.667. The van der Waals surface area contributed by atoms with Crippen molar-refractivity contribution in [3.8, 4) is 0 Å². The summed E-state index contributed by atoms with van der Waals surface area (Å²) in [5, 5.41) is 2.86. The number of esters is 2. The number of nitrogens with one attached hydrogen (secondary N) is 1. The van der Waals surface area contributed by atoms with Crippen LogP contribution in [0, 0.1) is 0 Å². The van der Waals surface area contributed by atoms with Crippen molar-refractivity contribution in [2.75, 3.05) is 68.6 Å². The van der Waals surface area contributed by atoms with Crippen LogP contribution in [-0.4, -0.2) is 102 Å². The lowest BCUT2D eigenvalue weighted by atomic mass is 10.4. The molecule has 0 aliphatic heterocycles. The highest BCUT2D eigenvalue weighted by molar-refractivity contribution is 6.31. The van der Waals surface area contributed by atoms with Gasteiger partial charge in [0, 0.05) is 38.3 Å². The summed E-state index contributed by atoms with van der Waals surface area (Å²) in [6.45, 7) is 14.4. The molecular weight excluding hydrogens is 479 g/mol. The highest BCUT2D eigenvalue weighted by atomic mass is 35.5. The van der Waals surface area contributed by atoms with E-state index < -0.39 is 0 Å². The van der Waals surface area contributed by atoms with Crippen LogP contribution in [-0.2, 0) is 19.1 Å². The average molecular weight is 522 g/mol. The number of alkyl halides is 1. The predicted molar refractivity (Wildman–Crippen MR) is 141 cm³/mol. The molecule has 0 aliphatic rings. The van der Waals surface area contributed by atoms with Gasteiger partial charge in [0.05, 0.1) is 5.38 Å². The molecule has 0 radical (unpaired) electrons. The predicted octanol–water partition coefficient (Wildman–Crippen LogP) is 3.04. The topological polar surface area (TPSA) is 83.5 Å². The minimum Gasteiger partial charge on any atom is -0.461 e. The van der Waals surface area contributed by atoms with Crippen LogP contribution in [0.2, 0.25) is 0 Å². The van der Waals surface area contributed by atoms with Crippen LogP contribution in [0.15, 0.2) is 29.3 Å². The SMILES string of the molecule is C=C(C)C(=O)OCCN(C)C.C=C(C)C(=O)OCCN(C)C.CN=C(NC)C(C)Cl.Cl.Cl. The highest BCUT2D eigenvalue weighted by Gasteiger charge is 2.02. The van der Waals surface area contributed by atoms with Crippen molar-refractivity contribution < 1.29 is 19.1 Å². The van der Waals surface area contributed by atoms with E-state index in [1.807, 2.05) is 44.9 Å². The Balaban J connectivity index is -0.000000112. The number of amidine groups is 1. The quantitative estimate of drug-likeness (QED) is 0.164. The summed E-state index contributed by atoms with van der Waals surface area (Å²) in [5.74, 6) is 0.199. The lowest BCUT2D eigenvalue weighted by Gasteiger charge is -2.09. The van der Waals surface area contributed by atoms with E-state index in [2.05, 4.69) is 23.5 Å². The van der Waals surface area contributed by atoms with Gasteiger partial charge in [0.2, 0.25) is 0 Å². The van der Waals surface area contributed by atoms with Crippen molar-refractivity contribution in [1.29, 1.82) is 0 Å². The Hall–Kier alpha value is -1.32. The summed E-state index contributed by atoms with van der Waals surface area (Å²) in [4.78, 5) is 29.3. The first kappa shape index (κ1) is 41.0. The Kier molecular flexibility index (Phi) is 33.2. The van der Waals surface area contributed by atoms with Crippen LogP contribution in [0.25, 0.3) is 0 Å². The van der Waals surface area contributed by atoms with Gasteiger partial charge >= 0.3 is 11.9 Å². The Morgan fingerprint density at radius 1 is 0.938 bits per heavy atom. The third-order valence-corrected chi connectivity index (χ3v) is 3.32. The van der Waals surface area contributed by atoms with Gasteiger partial charge in [-0.1, -0.05) is 13.2 Å². The van der Waals surface area contributed by atoms with Gasteiger partial charge in [-0.3, -0.25) is 4.99 Å². The summed E-state index contributed by atoms with van der Waals surface area (Å²) in [5.41, 5.74) is 0.896. The maximum Gasteiger partial charge on any atom is 0.333 e. The van der Waals surface area contributed by atoms with Crippen LogP contribution in [0.4, 0.5) is 0 Å². The van der Waals surface area contributed by atoms with E-state index in [1.165, 1.54) is 0 Å². The second-order valence-corrected chi connectivity index (χ2v) is 7.57. The van der Waals surface area contributed by atoms with Gasteiger partial charge in [0.1, 0.15) is 19.0 Å². The first-order valence-electron chi connectivity index (χ1n) is 9.53. The highest BCUT2D eigenvalue weighted by Crippen LogP contribution is 1.93. The molecule has 1 atom stereocenters. The van der Waals surface area contributed by atoms with Crippen LogP contribution in [0.1, 0.15) is 20.8 Å². The van der Waals surface area contributed by atoms with Gasteiger partial charge in [-0.2, -0.15) is 0 Å². The fourth-order valence-corrected chi connectivity index (χ4v) is 1.58. The number of hydrogen-bond acceptors (Lipinski definition) is 7. The molecule has 0 fully saturated rings. The number of halogens is 3. The van der Waals surface area contributed by atoms with E-state index in [4.69, 9.17) is 21.1 Å². The van der Waals surface area contributed by atoms with Crippen LogP contribution in [0.5, 0.6) is 0 Å². The fourth-order valence-electron chi connectivity index (χ4n) is 1.38. The molecule has 0 aliphatic carbocycles. The zero-order valence-corrected chi connectivity index (χ0v) is 23.4. The van der Waals surface area contributed by atoms with Crippen LogP contribution < -0.4 is 5.32 Å². The largest absolute Gasteiger partial charge is 0.461 e. The van der Waals surface area contributed by atoms with Crippen LogP contribution >= 0.6 is 36.4 Å². The molecule has 1 N–H and O–H groups in total. The normalized spacial score (nSPS) is 10.7. The van der Waals surface area contributed by atoms with E-state index in [1.54, 1.807) is 27.9 Å². The maximum absolute atomic E-state index is 10.8. The third kappa shape index (κ3) is 30.9. The van der Waals surface area contributed by atoms with E-state index in [-0.39, 0.29) is 42.1 Å². The van der Waals surface area contributed by atoms with Crippen molar-refractivity contribution in [3.63, 3.8) is 0 Å². The molecule has 0 aromatic rings. The first-order valence-corrected chi connectivity index (χ1v) is 9.96.